The highest BCUT2D eigenvalue weighted by Gasteiger charge is 2.60. The van der Waals surface area contributed by atoms with Gasteiger partial charge in [-0.25, -0.2) is 0 Å². The number of nitrogens with two attached hydrogens (primary N) is 1. The molecule has 5 fully saturated rings. The van der Waals surface area contributed by atoms with Crippen LogP contribution in [0.3, 0.4) is 0 Å². The van der Waals surface area contributed by atoms with Crippen LogP contribution in [0.25, 0.3) is 0 Å². The lowest BCUT2D eigenvalue weighted by Gasteiger charge is -2.65. The van der Waals surface area contributed by atoms with Crippen molar-refractivity contribution in [2.45, 2.75) is 83.2 Å². The molecule has 5 rings (SSSR count). The summed E-state index contributed by atoms with van der Waals surface area (Å²) in [5.74, 6) is 1.15. The monoisotopic (exact) mass is 290 g/mol. The van der Waals surface area contributed by atoms with Gasteiger partial charge in [-0.1, -0.05) is 20.3 Å². The van der Waals surface area contributed by atoms with Crippen LogP contribution in [0.15, 0.2) is 0 Å². The third-order valence-electron chi connectivity index (χ3n) is 6.92. The van der Waals surface area contributed by atoms with Crippen LogP contribution in [0.2, 0.25) is 0 Å². The SMILES string of the molecule is CC12CC3CC(C)(C1)CC(NC(=O)C1CCCC1N)(C3)C2. The van der Waals surface area contributed by atoms with Crippen LogP contribution in [0.4, 0.5) is 0 Å². The molecule has 0 aromatic rings. The number of carbonyl (C=O) groups is 1. The van der Waals surface area contributed by atoms with Gasteiger partial charge >= 0.3 is 0 Å². The predicted octanol–water partition coefficient (Wildman–Crippen LogP) is 2.98. The zero-order valence-electron chi connectivity index (χ0n) is 13.6. The van der Waals surface area contributed by atoms with E-state index in [2.05, 4.69) is 19.2 Å². The van der Waals surface area contributed by atoms with Crippen molar-refractivity contribution in [3.63, 3.8) is 0 Å². The number of carbonyl (C=O) groups excluding carboxylic acids is 1. The molecular weight excluding hydrogens is 260 g/mol. The molecule has 5 aliphatic carbocycles. The fourth-order valence-electron chi connectivity index (χ4n) is 7.26. The van der Waals surface area contributed by atoms with E-state index in [1.165, 1.54) is 38.5 Å². The van der Waals surface area contributed by atoms with Crippen molar-refractivity contribution >= 4 is 5.91 Å². The second kappa shape index (κ2) is 4.24. The summed E-state index contributed by atoms with van der Waals surface area (Å²) in [4.78, 5) is 12.8. The van der Waals surface area contributed by atoms with Gasteiger partial charge in [0.05, 0.1) is 5.92 Å². The third-order valence-corrected chi connectivity index (χ3v) is 6.92. The van der Waals surface area contributed by atoms with Crippen molar-refractivity contribution in [2.24, 2.45) is 28.4 Å². The first kappa shape index (κ1) is 14.0. The molecule has 5 saturated carbocycles. The lowest BCUT2D eigenvalue weighted by Crippen LogP contribution is -2.66. The minimum absolute atomic E-state index is 0.0682. The Labute approximate surface area is 128 Å². The van der Waals surface area contributed by atoms with E-state index in [-0.39, 0.29) is 23.4 Å². The summed E-state index contributed by atoms with van der Waals surface area (Å²) < 4.78 is 0. The summed E-state index contributed by atoms with van der Waals surface area (Å²) in [6.07, 6.45) is 10.8. The second-order valence-corrected chi connectivity index (χ2v) is 9.60. The first-order valence-electron chi connectivity index (χ1n) is 8.88. The van der Waals surface area contributed by atoms with E-state index >= 15 is 0 Å². The van der Waals surface area contributed by atoms with E-state index in [1.807, 2.05) is 0 Å². The van der Waals surface area contributed by atoms with Crippen molar-refractivity contribution < 1.29 is 4.79 Å². The van der Waals surface area contributed by atoms with Crippen molar-refractivity contribution in [3.05, 3.63) is 0 Å². The molecule has 0 heterocycles. The molecule has 0 radical (unpaired) electrons. The van der Waals surface area contributed by atoms with Gasteiger partial charge in [-0.2, -0.15) is 0 Å². The summed E-state index contributed by atoms with van der Waals surface area (Å²) in [5.41, 5.74) is 7.14. The van der Waals surface area contributed by atoms with E-state index < -0.39 is 0 Å². The highest BCUT2D eigenvalue weighted by Crippen LogP contribution is 2.66. The molecule has 0 saturated heterocycles. The Morgan fingerprint density at radius 2 is 1.71 bits per heavy atom. The molecule has 3 nitrogen and oxygen atoms in total. The number of hydrogen-bond donors (Lipinski definition) is 2. The highest BCUT2D eigenvalue weighted by molar-refractivity contribution is 5.80. The van der Waals surface area contributed by atoms with Crippen LogP contribution in [0, 0.1) is 22.7 Å². The molecule has 4 unspecified atom stereocenters. The Bertz CT molecular complexity index is 456. The van der Waals surface area contributed by atoms with Crippen molar-refractivity contribution in [1.29, 1.82) is 0 Å². The largest absolute Gasteiger partial charge is 0.350 e. The van der Waals surface area contributed by atoms with Gasteiger partial charge in [0, 0.05) is 11.6 Å². The lowest BCUT2D eigenvalue weighted by atomic mass is 9.42. The highest BCUT2D eigenvalue weighted by atomic mass is 16.2. The Morgan fingerprint density at radius 3 is 2.24 bits per heavy atom. The van der Waals surface area contributed by atoms with Crippen molar-refractivity contribution in [3.8, 4) is 0 Å². The smallest absolute Gasteiger partial charge is 0.225 e. The van der Waals surface area contributed by atoms with Gasteiger partial charge in [-0.15, -0.1) is 0 Å². The zero-order valence-corrected chi connectivity index (χ0v) is 13.6. The summed E-state index contributed by atoms with van der Waals surface area (Å²) in [6.45, 7) is 4.91. The predicted molar refractivity (Wildman–Crippen MR) is 83.6 cm³/mol. The fourth-order valence-corrected chi connectivity index (χ4v) is 7.26. The van der Waals surface area contributed by atoms with Gasteiger partial charge in [0.1, 0.15) is 0 Å². The molecule has 3 N–H and O–H groups in total. The topological polar surface area (TPSA) is 55.1 Å². The minimum Gasteiger partial charge on any atom is -0.350 e. The van der Waals surface area contributed by atoms with Crippen LogP contribution >= 0.6 is 0 Å². The summed E-state index contributed by atoms with van der Waals surface area (Å²) in [6, 6.07) is 0.0880. The zero-order chi connectivity index (χ0) is 14.9. The molecule has 21 heavy (non-hydrogen) atoms. The molecular formula is C18H30N2O. The van der Waals surface area contributed by atoms with Crippen LogP contribution in [-0.4, -0.2) is 17.5 Å². The average molecular weight is 290 g/mol. The molecule has 5 aliphatic rings. The van der Waals surface area contributed by atoms with Gasteiger partial charge in [0.25, 0.3) is 0 Å². The number of nitrogens with one attached hydrogen (secondary N) is 1. The molecule has 3 heteroatoms. The third kappa shape index (κ3) is 2.23. The van der Waals surface area contributed by atoms with Crippen LogP contribution < -0.4 is 11.1 Å². The summed E-state index contributed by atoms with van der Waals surface area (Å²) in [5, 5.41) is 3.53. The first-order chi connectivity index (χ1) is 9.81. The van der Waals surface area contributed by atoms with E-state index in [0.717, 1.165) is 25.2 Å². The van der Waals surface area contributed by atoms with Gasteiger partial charge in [0.2, 0.25) is 5.91 Å². The first-order valence-corrected chi connectivity index (χ1v) is 8.88. The molecule has 0 aliphatic heterocycles. The Morgan fingerprint density at radius 1 is 1.05 bits per heavy atom. The number of hydrogen-bond acceptors (Lipinski definition) is 2. The maximum atomic E-state index is 12.8. The lowest BCUT2D eigenvalue weighted by molar-refractivity contribution is -0.142. The fraction of sp³-hybridized carbons (Fsp3) is 0.944. The maximum absolute atomic E-state index is 12.8. The molecule has 0 aromatic heterocycles. The second-order valence-electron chi connectivity index (χ2n) is 9.60. The summed E-state index contributed by atoms with van der Waals surface area (Å²) >= 11 is 0. The van der Waals surface area contributed by atoms with Crippen LogP contribution in [0.1, 0.15) is 71.6 Å². The van der Waals surface area contributed by atoms with E-state index in [9.17, 15) is 4.79 Å². The number of amides is 1. The van der Waals surface area contributed by atoms with Gasteiger partial charge in [0.15, 0.2) is 0 Å². The van der Waals surface area contributed by atoms with Gasteiger partial charge in [-0.05, 0) is 68.1 Å². The molecule has 0 aromatic carbocycles. The van der Waals surface area contributed by atoms with Crippen LogP contribution in [0.5, 0.6) is 0 Å². The minimum atomic E-state index is 0.0682. The molecule has 4 bridgehead atoms. The molecule has 0 spiro atoms. The van der Waals surface area contributed by atoms with E-state index in [1.54, 1.807) is 0 Å². The van der Waals surface area contributed by atoms with Crippen molar-refractivity contribution in [2.75, 3.05) is 0 Å². The molecule has 1 amide bonds. The molecule has 118 valence electrons. The quantitative estimate of drug-likeness (QED) is 0.821. The molecule has 4 atom stereocenters. The van der Waals surface area contributed by atoms with Crippen LogP contribution in [-0.2, 0) is 4.79 Å². The Balaban J connectivity index is 1.56. The summed E-state index contributed by atoms with van der Waals surface area (Å²) in [7, 11) is 0. The van der Waals surface area contributed by atoms with E-state index in [4.69, 9.17) is 5.73 Å². The maximum Gasteiger partial charge on any atom is 0.225 e. The van der Waals surface area contributed by atoms with Crippen molar-refractivity contribution in [1.82, 2.24) is 5.32 Å². The average Bonchev–Trinajstić information content (AvgIpc) is 2.69. The number of rotatable bonds is 2. The van der Waals surface area contributed by atoms with Gasteiger partial charge < -0.3 is 11.1 Å². The standard InChI is InChI=1S/C18H30N2O/c1-16-6-12-7-17(2,9-16)11-18(8-12,10-16)20-15(21)13-4-3-5-14(13)19/h12-14H,3-11,19H2,1-2H3,(H,20,21). The Hall–Kier alpha value is -0.570. The normalized spacial score (nSPS) is 54.9. The van der Waals surface area contributed by atoms with E-state index in [0.29, 0.717) is 10.8 Å². The Kier molecular flexibility index (Phi) is 2.84. The van der Waals surface area contributed by atoms with Gasteiger partial charge in [-0.3, -0.25) is 4.79 Å².